The summed E-state index contributed by atoms with van der Waals surface area (Å²) < 4.78 is 109. The Morgan fingerprint density at radius 1 is 0.839 bits per heavy atom. The van der Waals surface area contributed by atoms with E-state index in [1.54, 1.807) is 5.32 Å². The molecule has 0 radical (unpaired) electrons. The van der Waals surface area contributed by atoms with Crippen molar-refractivity contribution >= 4 is 40.6 Å². The topological polar surface area (TPSA) is 50.4 Å². The zero-order valence-corrected chi connectivity index (χ0v) is 16.2. The molecule has 0 saturated heterocycles. The molecule has 0 bridgehead atoms. The predicted molar refractivity (Wildman–Crippen MR) is 96.6 cm³/mol. The lowest BCUT2D eigenvalue weighted by atomic mass is 10.1. The van der Waals surface area contributed by atoms with Crippen LogP contribution in [0.5, 0.6) is 5.75 Å². The van der Waals surface area contributed by atoms with E-state index in [1.807, 2.05) is 5.32 Å². The fraction of sp³-hybridized carbons (Fsp3) is 0.235. The van der Waals surface area contributed by atoms with Crippen molar-refractivity contribution in [3.05, 3.63) is 53.6 Å². The summed E-state index contributed by atoms with van der Waals surface area (Å²) in [6.07, 6.45) is -14.3. The van der Waals surface area contributed by atoms with Gasteiger partial charge in [0.1, 0.15) is 5.75 Å². The molecular weight excluding hydrogens is 487 g/mol. The first-order chi connectivity index (χ1) is 14.1. The summed E-state index contributed by atoms with van der Waals surface area (Å²) in [6, 6.07) is 3.69. The van der Waals surface area contributed by atoms with E-state index in [1.165, 1.54) is 12.1 Å². The Balaban J connectivity index is 2.28. The smallest absolute Gasteiger partial charge is 0.428 e. The molecule has 2 rings (SSSR count). The number of halogens is 10. The Morgan fingerprint density at radius 3 is 1.84 bits per heavy atom. The van der Waals surface area contributed by atoms with Crippen LogP contribution in [-0.2, 0) is 12.4 Å². The molecule has 0 spiro atoms. The van der Waals surface area contributed by atoms with E-state index in [4.69, 9.17) is 23.2 Å². The van der Waals surface area contributed by atoms with Crippen LogP contribution in [-0.4, -0.2) is 17.0 Å². The number of carbonyl (C=O) groups excluding carboxylic acids is 1. The largest absolute Gasteiger partial charge is 0.428 e. The van der Waals surface area contributed by atoms with Gasteiger partial charge < -0.3 is 15.4 Å². The second kappa shape index (κ2) is 8.95. The molecule has 0 atom stereocenters. The van der Waals surface area contributed by atoms with Crippen LogP contribution in [0.25, 0.3) is 0 Å². The number of hydrogen-bond donors (Lipinski definition) is 2. The molecule has 14 heteroatoms. The first-order valence-electron chi connectivity index (χ1n) is 7.91. The highest BCUT2D eigenvalue weighted by molar-refractivity contribution is 6.44. The summed E-state index contributed by atoms with van der Waals surface area (Å²) in [5.41, 5.74) is -4.55. The van der Waals surface area contributed by atoms with E-state index in [2.05, 4.69) is 4.74 Å². The van der Waals surface area contributed by atoms with Crippen molar-refractivity contribution in [2.24, 2.45) is 0 Å². The molecule has 2 aromatic carbocycles. The number of para-hydroxylation sites is 2. The van der Waals surface area contributed by atoms with Crippen molar-refractivity contribution < 1.29 is 44.7 Å². The van der Waals surface area contributed by atoms with Gasteiger partial charge in [-0.2, -0.15) is 35.1 Å². The van der Waals surface area contributed by atoms with Crippen LogP contribution in [0.3, 0.4) is 0 Å². The highest BCUT2D eigenvalue weighted by atomic mass is 35.5. The third-order valence-corrected chi connectivity index (χ3v) is 3.99. The second-order valence-electron chi connectivity index (χ2n) is 5.83. The van der Waals surface area contributed by atoms with Gasteiger partial charge in [0.05, 0.1) is 16.8 Å². The minimum absolute atomic E-state index is 0.122. The Kier molecular flexibility index (Phi) is 7.16. The van der Waals surface area contributed by atoms with Crippen molar-refractivity contribution in [3.8, 4) is 5.75 Å². The molecule has 0 aliphatic rings. The third kappa shape index (κ3) is 6.76. The molecular formula is C17H10Cl2F8N2O2. The van der Waals surface area contributed by atoms with Crippen LogP contribution in [0.2, 0.25) is 0 Å². The number of alkyl halides is 10. The molecule has 170 valence electrons. The molecule has 31 heavy (non-hydrogen) atoms. The molecule has 0 aromatic heterocycles. The Hall–Kier alpha value is -2.47. The van der Waals surface area contributed by atoms with Crippen LogP contribution in [0, 0.1) is 0 Å². The number of rotatable bonds is 5. The van der Waals surface area contributed by atoms with Gasteiger partial charge >= 0.3 is 24.5 Å². The summed E-state index contributed by atoms with van der Waals surface area (Å²) in [7, 11) is 0. The first-order valence-corrected chi connectivity index (χ1v) is 8.78. The molecule has 0 heterocycles. The lowest BCUT2D eigenvalue weighted by Crippen LogP contribution is -2.32. The third-order valence-electron chi connectivity index (χ3n) is 3.48. The first kappa shape index (κ1) is 24.8. The van der Waals surface area contributed by atoms with Crippen LogP contribution in [0.1, 0.15) is 11.1 Å². The molecule has 0 unspecified atom stereocenters. The molecule has 0 fully saturated rings. The van der Waals surface area contributed by atoms with Gasteiger partial charge in [-0.15, -0.1) is 0 Å². The molecule has 0 aliphatic heterocycles. The Bertz CT molecular complexity index is 916. The van der Waals surface area contributed by atoms with Gasteiger partial charge in [0, 0.05) is 5.69 Å². The predicted octanol–water partition coefficient (Wildman–Crippen LogP) is 7.14. The number of hydrogen-bond acceptors (Lipinski definition) is 2. The van der Waals surface area contributed by atoms with E-state index in [9.17, 15) is 39.9 Å². The van der Waals surface area contributed by atoms with E-state index in [0.717, 1.165) is 12.1 Å². The van der Waals surface area contributed by atoms with Crippen molar-refractivity contribution in [2.75, 3.05) is 10.6 Å². The van der Waals surface area contributed by atoms with Gasteiger partial charge in [0.2, 0.25) is 4.84 Å². The van der Waals surface area contributed by atoms with Crippen molar-refractivity contribution in [1.29, 1.82) is 0 Å². The maximum atomic E-state index is 13.6. The minimum Gasteiger partial charge on any atom is -0.428 e. The van der Waals surface area contributed by atoms with Crippen LogP contribution >= 0.6 is 23.2 Å². The van der Waals surface area contributed by atoms with Crippen LogP contribution in [0.15, 0.2) is 42.5 Å². The van der Waals surface area contributed by atoms with Gasteiger partial charge in [-0.1, -0.05) is 35.3 Å². The zero-order valence-electron chi connectivity index (χ0n) is 14.7. The van der Waals surface area contributed by atoms with E-state index < -0.39 is 57.6 Å². The molecule has 2 amide bonds. The molecule has 4 nitrogen and oxygen atoms in total. The summed E-state index contributed by atoms with van der Waals surface area (Å²) >= 11 is 10.2. The van der Waals surface area contributed by atoms with Crippen molar-refractivity contribution in [3.63, 3.8) is 0 Å². The quantitative estimate of drug-likeness (QED) is 0.341. The number of benzene rings is 2. The summed E-state index contributed by atoms with van der Waals surface area (Å²) in [4.78, 5) is 9.80. The van der Waals surface area contributed by atoms with Crippen LogP contribution in [0.4, 0.5) is 51.3 Å². The second-order valence-corrected chi connectivity index (χ2v) is 6.93. The van der Waals surface area contributed by atoms with Crippen molar-refractivity contribution in [1.82, 2.24) is 0 Å². The molecule has 2 aromatic rings. The highest BCUT2D eigenvalue weighted by Crippen LogP contribution is 2.38. The number of carbonyl (C=O) groups is 1. The van der Waals surface area contributed by atoms with E-state index in [-0.39, 0.29) is 18.2 Å². The fourth-order valence-corrected chi connectivity index (χ4v) is 2.25. The van der Waals surface area contributed by atoms with Gasteiger partial charge in [0.15, 0.2) is 0 Å². The normalized spacial score (nSPS) is 12.6. The molecule has 2 N–H and O–H groups in total. The molecule has 0 saturated carbocycles. The number of anilines is 2. The van der Waals surface area contributed by atoms with Gasteiger partial charge in [-0.25, -0.2) is 4.79 Å². The Morgan fingerprint density at radius 2 is 1.35 bits per heavy atom. The highest BCUT2D eigenvalue weighted by Gasteiger charge is 2.41. The maximum absolute atomic E-state index is 13.6. The Labute approximate surface area is 179 Å². The standard InChI is InChI=1S/C17H10Cl2F8N2O2/c18-13(19)17(26,27)31-12-4-2-1-3-11(12)29-14(30)28-10-6-8(15(20,21)22)5-9(7-10)16(23,24)25/h1-7,13H,(H2,28,29,30). The SMILES string of the molecule is O=C(Nc1cc(C(F)(F)F)cc(C(F)(F)F)c1)Nc1ccccc1OC(F)(F)C(Cl)Cl. The van der Waals surface area contributed by atoms with E-state index in [0.29, 0.717) is 0 Å². The summed E-state index contributed by atoms with van der Waals surface area (Å²) in [5, 5.41) is 3.76. The summed E-state index contributed by atoms with van der Waals surface area (Å²) in [5.74, 6) is -0.617. The molecule has 0 aliphatic carbocycles. The average molecular weight is 497 g/mol. The van der Waals surface area contributed by atoms with Crippen molar-refractivity contribution in [2.45, 2.75) is 23.3 Å². The van der Waals surface area contributed by atoms with Gasteiger partial charge in [0.25, 0.3) is 0 Å². The van der Waals surface area contributed by atoms with Crippen LogP contribution < -0.4 is 15.4 Å². The zero-order chi connectivity index (χ0) is 23.6. The summed E-state index contributed by atoms with van der Waals surface area (Å²) in [6.45, 7) is 0. The lowest BCUT2D eigenvalue weighted by Gasteiger charge is -2.21. The van der Waals surface area contributed by atoms with E-state index >= 15 is 0 Å². The average Bonchev–Trinajstić information content (AvgIpc) is 2.61. The number of nitrogens with one attached hydrogen (secondary N) is 2. The number of urea groups is 1. The van der Waals surface area contributed by atoms with Gasteiger partial charge in [-0.3, -0.25) is 0 Å². The van der Waals surface area contributed by atoms with Gasteiger partial charge in [-0.05, 0) is 30.3 Å². The number of ether oxygens (including phenoxy) is 1. The lowest BCUT2D eigenvalue weighted by molar-refractivity contribution is -0.163. The number of amides is 2. The maximum Gasteiger partial charge on any atom is 0.428 e. The fourth-order valence-electron chi connectivity index (χ4n) is 2.16. The monoisotopic (exact) mass is 496 g/mol. The minimum atomic E-state index is -5.13.